The lowest BCUT2D eigenvalue weighted by atomic mass is 9.98. The highest BCUT2D eigenvalue weighted by Crippen LogP contribution is 2.40. The summed E-state index contributed by atoms with van der Waals surface area (Å²) >= 11 is 1.38. The quantitative estimate of drug-likeness (QED) is 0.280. The average Bonchev–Trinajstić information content (AvgIpc) is 3.54. The van der Waals surface area contributed by atoms with E-state index in [1.54, 1.807) is 7.11 Å². The number of pyridine rings is 1. The molecule has 0 atom stereocenters. The van der Waals surface area contributed by atoms with Crippen LogP contribution in [0, 0.1) is 0 Å². The van der Waals surface area contributed by atoms with Crippen LogP contribution in [0.25, 0.3) is 43.7 Å². The topological polar surface area (TPSA) is 105 Å². The number of methoxy groups -OCH3 is 1. The molecule has 2 N–H and O–H groups in total. The Hall–Kier alpha value is -4.24. The summed E-state index contributed by atoms with van der Waals surface area (Å²) < 4.78 is 7.53. The van der Waals surface area contributed by atoms with Crippen molar-refractivity contribution in [1.82, 2.24) is 20.0 Å². The molecule has 0 amide bonds. The monoisotopic (exact) mass is 499 g/mol. The normalized spacial score (nSPS) is 11.3. The van der Waals surface area contributed by atoms with Gasteiger partial charge in [0.05, 0.1) is 30.8 Å². The molecule has 0 saturated carbocycles. The summed E-state index contributed by atoms with van der Waals surface area (Å²) in [4.78, 5) is 19.5. The molecule has 0 bridgehead atoms. The van der Waals surface area contributed by atoms with Gasteiger partial charge in [0.25, 0.3) is 5.56 Å². The van der Waals surface area contributed by atoms with E-state index in [4.69, 9.17) is 4.74 Å². The van der Waals surface area contributed by atoms with Gasteiger partial charge in [-0.1, -0.05) is 35.5 Å². The van der Waals surface area contributed by atoms with Gasteiger partial charge in [0.15, 0.2) is 0 Å². The van der Waals surface area contributed by atoms with E-state index in [1.807, 2.05) is 58.7 Å². The maximum Gasteiger partial charge on any atom is 0.257 e. The summed E-state index contributed by atoms with van der Waals surface area (Å²) in [7, 11) is 1.65. The van der Waals surface area contributed by atoms with E-state index in [2.05, 4.69) is 40.9 Å². The summed E-state index contributed by atoms with van der Waals surface area (Å²) in [5.41, 5.74) is 5.29. The van der Waals surface area contributed by atoms with Crippen LogP contribution in [0.1, 0.15) is 25.5 Å². The summed E-state index contributed by atoms with van der Waals surface area (Å²) in [5.74, 6) is 0.685. The molecule has 0 aliphatic rings. The first kappa shape index (κ1) is 23.5. The Kier molecular flexibility index (Phi) is 6.15. The smallest absolute Gasteiger partial charge is 0.257 e. The van der Waals surface area contributed by atoms with Crippen LogP contribution in [0.2, 0.25) is 0 Å². The van der Waals surface area contributed by atoms with Gasteiger partial charge in [0.2, 0.25) is 0 Å². The molecule has 0 unspecified atom stereocenters. The number of hydrogen-bond acceptors (Lipinski definition) is 7. The molecular formula is C27H25N5O3S. The maximum atomic E-state index is 12.3. The molecular weight excluding hydrogens is 474 g/mol. The third kappa shape index (κ3) is 4.07. The van der Waals surface area contributed by atoms with E-state index in [0.29, 0.717) is 10.2 Å². The highest BCUT2D eigenvalue weighted by Gasteiger charge is 2.18. The molecule has 9 heteroatoms. The third-order valence-corrected chi connectivity index (χ3v) is 7.02. The van der Waals surface area contributed by atoms with E-state index >= 15 is 0 Å². The average molecular weight is 500 g/mol. The lowest BCUT2D eigenvalue weighted by Gasteiger charge is -2.11. The van der Waals surface area contributed by atoms with Gasteiger partial charge in [-0.15, -0.1) is 16.4 Å². The van der Waals surface area contributed by atoms with Crippen molar-refractivity contribution in [3.8, 4) is 45.0 Å². The number of fused-ring (bicyclic) bond motifs is 1. The molecule has 5 aromatic rings. The Bertz CT molecular complexity index is 1630. The van der Waals surface area contributed by atoms with Crippen molar-refractivity contribution in [3.05, 3.63) is 70.0 Å². The van der Waals surface area contributed by atoms with E-state index in [9.17, 15) is 9.90 Å². The fourth-order valence-electron chi connectivity index (χ4n) is 4.17. The van der Waals surface area contributed by atoms with Gasteiger partial charge in [-0.25, -0.2) is 4.68 Å². The van der Waals surface area contributed by atoms with Crippen molar-refractivity contribution in [2.24, 2.45) is 4.99 Å². The van der Waals surface area contributed by atoms with Crippen molar-refractivity contribution in [3.63, 3.8) is 0 Å². The summed E-state index contributed by atoms with van der Waals surface area (Å²) in [6.45, 7) is 7.61. The number of H-pyrrole nitrogens is 1. The first-order valence-electron chi connectivity index (χ1n) is 11.4. The number of aromatic hydroxyl groups is 1. The molecule has 8 nitrogen and oxygen atoms in total. The second kappa shape index (κ2) is 9.43. The standard InChI is InChI=1S/C27H25N5O3S/c1-15(2)32-13-22(30-31-32)18-9-10-19(23(11-18)35-4)16-5-7-17(8-6-16)21-14-36-27-24(21)25(33)20(12-28-3)26(34)29-27/h5-11,13-15H,3,12H2,1-2,4H3,(H2,29,33,34). The Labute approximate surface area is 211 Å². The van der Waals surface area contributed by atoms with Gasteiger partial charge < -0.3 is 14.8 Å². The number of rotatable bonds is 7. The number of ether oxygens (including phenoxy) is 1. The minimum Gasteiger partial charge on any atom is -0.507 e. The first-order valence-corrected chi connectivity index (χ1v) is 12.3. The Morgan fingerprint density at radius 1 is 1.14 bits per heavy atom. The Morgan fingerprint density at radius 2 is 1.83 bits per heavy atom. The number of thiophene rings is 1. The second-order valence-corrected chi connectivity index (χ2v) is 9.57. The summed E-state index contributed by atoms with van der Waals surface area (Å²) in [6, 6.07) is 14.2. The zero-order valence-corrected chi connectivity index (χ0v) is 21.0. The van der Waals surface area contributed by atoms with Crippen molar-refractivity contribution in [2.75, 3.05) is 7.11 Å². The van der Waals surface area contributed by atoms with Gasteiger partial charge in [-0.2, -0.15) is 0 Å². The van der Waals surface area contributed by atoms with Crippen molar-refractivity contribution in [2.45, 2.75) is 26.4 Å². The largest absolute Gasteiger partial charge is 0.507 e. The van der Waals surface area contributed by atoms with Crippen LogP contribution in [0.15, 0.2) is 63.8 Å². The van der Waals surface area contributed by atoms with E-state index in [-0.39, 0.29) is 29.5 Å². The lowest BCUT2D eigenvalue weighted by molar-refractivity contribution is 0.416. The molecule has 182 valence electrons. The molecule has 0 radical (unpaired) electrons. The lowest BCUT2D eigenvalue weighted by Crippen LogP contribution is -2.11. The fraction of sp³-hybridized carbons (Fsp3) is 0.185. The molecule has 3 aromatic heterocycles. The second-order valence-electron chi connectivity index (χ2n) is 8.69. The first-order chi connectivity index (χ1) is 17.4. The van der Waals surface area contributed by atoms with E-state index in [1.165, 1.54) is 11.3 Å². The van der Waals surface area contributed by atoms with Gasteiger partial charge in [-0.05, 0) is 43.8 Å². The Morgan fingerprint density at radius 3 is 2.47 bits per heavy atom. The van der Waals surface area contributed by atoms with Crippen LogP contribution >= 0.6 is 11.3 Å². The zero-order valence-electron chi connectivity index (χ0n) is 20.1. The number of nitrogens with one attached hydrogen (secondary N) is 1. The maximum absolute atomic E-state index is 12.3. The molecule has 2 aromatic carbocycles. The number of aromatic nitrogens is 4. The number of hydrogen-bond donors (Lipinski definition) is 2. The predicted octanol–water partition coefficient (Wildman–Crippen LogP) is 5.68. The highest BCUT2D eigenvalue weighted by atomic mass is 32.1. The van der Waals surface area contributed by atoms with Crippen molar-refractivity contribution < 1.29 is 9.84 Å². The molecule has 3 heterocycles. The SMILES string of the molecule is C=NCc1c(O)c2c(-c3ccc(-c4ccc(-c5cn(C(C)C)nn5)cc4OC)cc3)csc2[nH]c1=O. The van der Waals surface area contributed by atoms with Crippen LogP contribution in [-0.2, 0) is 6.54 Å². The van der Waals surface area contributed by atoms with Gasteiger partial charge in [-0.3, -0.25) is 9.79 Å². The van der Waals surface area contributed by atoms with Crippen LogP contribution in [-0.4, -0.2) is 38.9 Å². The zero-order chi connectivity index (χ0) is 25.4. The van der Waals surface area contributed by atoms with E-state index < -0.39 is 0 Å². The summed E-state index contributed by atoms with van der Waals surface area (Å²) in [5, 5.41) is 21.8. The molecule has 0 spiro atoms. The van der Waals surface area contributed by atoms with Crippen LogP contribution in [0.4, 0.5) is 0 Å². The van der Waals surface area contributed by atoms with Crippen LogP contribution in [0.5, 0.6) is 11.5 Å². The Balaban J connectivity index is 1.51. The highest BCUT2D eigenvalue weighted by molar-refractivity contribution is 7.17. The summed E-state index contributed by atoms with van der Waals surface area (Å²) in [6.07, 6.45) is 1.93. The minimum atomic E-state index is -0.349. The van der Waals surface area contributed by atoms with Crippen LogP contribution < -0.4 is 10.3 Å². The number of aliphatic imine (C=N–C) groups is 1. The minimum absolute atomic E-state index is 0.0480. The van der Waals surface area contributed by atoms with Gasteiger partial charge >= 0.3 is 0 Å². The van der Waals surface area contributed by atoms with E-state index in [0.717, 1.165) is 39.3 Å². The number of benzene rings is 2. The molecule has 5 rings (SSSR count). The molecule has 0 saturated heterocycles. The van der Waals surface area contributed by atoms with Crippen molar-refractivity contribution in [1.29, 1.82) is 0 Å². The predicted molar refractivity (Wildman–Crippen MR) is 144 cm³/mol. The fourth-order valence-corrected chi connectivity index (χ4v) is 5.14. The molecule has 0 aliphatic heterocycles. The number of aromatic amines is 1. The number of nitrogens with zero attached hydrogens (tertiary/aromatic N) is 4. The van der Waals surface area contributed by atoms with Crippen molar-refractivity contribution >= 4 is 28.3 Å². The molecule has 0 aliphatic carbocycles. The van der Waals surface area contributed by atoms with Gasteiger partial charge in [0, 0.05) is 28.1 Å². The third-order valence-electron chi connectivity index (χ3n) is 6.13. The van der Waals surface area contributed by atoms with Gasteiger partial charge in [0.1, 0.15) is 22.0 Å². The molecule has 0 fully saturated rings. The van der Waals surface area contributed by atoms with Crippen LogP contribution in [0.3, 0.4) is 0 Å². The molecule has 36 heavy (non-hydrogen) atoms.